The molecule has 3 atom stereocenters. The first kappa shape index (κ1) is 28.2. The fraction of sp³-hybridized carbons (Fsp3) is 0.355. The van der Waals surface area contributed by atoms with Crippen molar-refractivity contribution in [3.63, 3.8) is 0 Å². The van der Waals surface area contributed by atoms with Crippen LogP contribution in [0, 0.1) is 11.7 Å². The minimum Gasteiger partial charge on any atom is -0.497 e. The number of ether oxygens (including phenoxy) is 1. The summed E-state index contributed by atoms with van der Waals surface area (Å²) in [5, 5.41) is 11.2. The van der Waals surface area contributed by atoms with E-state index in [0.717, 1.165) is 39.9 Å². The number of hydrogen-bond donors (Lipinski definition) is 2. The van der Waals surface area contributed by atoms with Crippen LogP contribution in [0.15, 0.2) is 66.7 Å². The maximum Gasteiger partial charge on any atom is 0.243 e. The van der Waals surface area contributed by atoms with E-state index in [2.05, 4.69) is 15.6 Å². The normalized spacial score (nSPS) is 17.5. The van der Waals surface area contributed by atoms with Crippen LogP contribution in [-0.4, -0.2) is 57.4 Å². The van der Waals surface area contributed by atoms with Gasteiger partial charge in [-0.05, 0) is 84.7 Å². The summed E-state index contributed by atoms with van der Waals surface area (Å²) in [6.45, 7) is 0.752. The van der Waals surface area contributed by atoms with Gasteiger partial charge in [0.2, 0.25) is 11.8 Å². The molecule has 0 spiro atoms. The lowest BCUT2D eigenvalue weighted by Gasteiger charge is -2.27. The summed E-state index contributed by atoms with van der Waals surface area (Å²) < 4.78 is 20.2. The molecule has 9 nitrogen and oxygen atoms in total. The number of carbonyl (C=O) groups excluding carboxylic acids is 2. The molecule has 1 aliphatic rings. The van der Waals surface area contributed by atoms with Crippen molar-refractivity contribution in [2.45, 2.75) is 44.3 Å². The molecule has 1 aliphatic heterocycles. The second-order valence-corrected chi connectivity index (χ2v) is 10.7. The molecule has 5 rings (SSSR count). The SMILES string of the molecule is COc1ccc(CC2CC(C(=O)NCc3ccc4c(c3)nnn4C)N(C(=O)C(N)CCc3ccc(F)cc3)C2)cc1. The van der Waals surface area contributed by atoms with Crippen LogP contribution < -0.4 is 15.8 Å². The number of rotatable bonds is 10. The van der Waals surface area contributed by atoms with Crippen LogP contribution in [0.5, 0.6) is 5.75 Å². The van der Waals surface area contributed by atoms with Crippen LogP contribution >= 0.6 is 0 Å². The molecule has 3 N–H and O–H groups in total. The molecular formula is C31H35FN6O3. The van der Waals surface area contributed by atoms with E-state index in [1.54, 1.807) is 28.8 Å². The van der Waals surface area contributed by atoms with Crippen LogP contribution in [0.3, 0.4) is 0 Å². The number of aryl methyl sites for hydroxylation is 2. The molecule has 2 heterocycles. The van der Waals surface area contributed by atoms with Crippen molar-refractivity contribution < 1.29 is 18.7 Å². The number of benzene rings is 3. The Labute approximate surface area is 238 Å². The summed E-state index contributed by atoms with van der Waals surface area (Å²) in [5.41, 5.74) is 10.9. The molecule has 3 aromatic carbocycles. The number of carbonyl (C=O) groups is 2. The van der Waals surface area contributed by atoms with E-state index in [1.807, 2.05) is 49.5 Å². The Morgan fingerprint density at radius 3 is 2.51 bits per heavy atom. The molecule has 0 saturated carbocycles. The van der Waals surface area contributed by atoms with Gasteiger partial charge in [-0.1, -0.05) is 35.5 Å². The minimum absolute atomic E-state index is 0.100. The highest BCUT2D eigenvalue weighted by Crippen LogP contribution is 2.28. The van der Waals surface area contributed by atoms with E-state index in [-0.39, 0.29) is 23.5 Å². The Bertz CT molecular complexity index is 1500. The maximum absolute atomic E-state index is 13.6. The number of nitrogens with zero attached hydrogens (tertiary/aromatic N) is 4. The van der Waals surface area contributed by atoms with Gasteiger partial charge in [-0.25, -0.2) is 9.07 Å². The third-order valence-electron chi connectivity index (χ3n) is 7.77. The molecule has 41 heavy (non-hydrogen) atoms. The molecule has 1 aromatic heterocycles. The first-order valence-corrected chi connectivity index (χ1v) is 13.8. The van der Waals surface area contributed by atoms with Crippen molar-refractivity contribution in [2.75, 3.05) is 13.7 Å². The zero-order valence-electron chi connectivity index (χ0n) is 23.3. The number of amides is 2. The number of hydrogen-bond acceptors (Lipinski definition) is 6. The Morgan fingerprint density at radius 2 is 1.78 bits per heavy atom. The number of nitrogens with two attached hydrogens (primary N) is 1. The fourth-order valence-electron chi connectivity index (χ4n) is 5.47. The van der Waals surface area contributed by atoms with Gasteiger partial charge in [0.25, 0.3) is 0 Å². The first-order chi connectivity index (χ1) is 19.8. The lowest BCUT2D eigenvalue weighted by Crippen LogP contribution is -2.51. The minimum atomic E-state index is -0.769. The molecule has 1 saturated heterocycles. The van der Waals surface area contributed by atoms with Gasteiger partial charge in [-0.15, -0.1) is 5.10 Å². The number of nitrogens with one attached hydrogen (secondary N) is 1. The molecule has 10 heteroatoms. The van der Waals surface area contributed by atoms with Crippen LogP contribution in [-0.2, 0) is 36.0 Å². The predicted octanol–water partition coefficient (Wildman–Crippen LogP) is 3.15. The second kappa shape index (κ2) is 12.5. The van der Waals surface area contributed by atoms with Gasteiger partial charge in [0, 0.05) is 20.1 Å². The smallest absolute Gasteiger partial charge is 0.243 e. The molecule has 0 radical (unpaired) electrons. The molecule has 3 unspecified atom stereocenters. The van der Waals surface area contributed by atoms with Gasteiger partial charge < -0.3 is 20.7 Å². The lowest BCUT2D eigenvalue weighted by atomic mass is 9.96. The average Bonchev–Trinajstić information content (AvgIpc) is 3.58. The number of halogens is 1. The summed E-state index contributed by atoms with van der Waals surface area (Å²) in [6.07, 6.45) is 2.21. The van der Waals surface area contributed by atoms with E-state index in [9.17, 15) is 14.0 Å². The topological polar surface area (TPSA) is 115 Å². The van der Waals surface area contributed by atoms with Crippen molar-refractivity contribution in [1.82, 2.24) is 25.2 Å². The van der Waals surface area contributed by atoms with E-state index in [1.165, 1.54) is 12.1 Å². The highest BCUT2D eigenvalue weighted by molar-refractivity contribution is 5.90. The summed E-state index contributed by atoms with van der Waals surface area (Å²) in [6, 6.07) is 18.4. The molecule has 214 valence electrons. The van der Waals surface area contributed by atoms with E-state index in [4.69, 9.17) is 10.5 Å². The second-order valence-electron chi connectivity index (χ2n) is 10.7. The Kier molecular flexibility index (Phi) is 8.58. The van der Waals surface area contributed by atoms with Crippen molar-refractivity contribution in [3.05, 3.63) is 89.2 Å². The third-order valence-corrected chi connectivity index (χ3v) is 7.77. The average molecular weight is 559 g/mol. The van der Waals surface area contributed by atoms with Gasteiger partial charge >= 0.3 is 0 Å². The number of methoxy groups -OCH3 is 1. The van der Waals surface area contributed by atoms with E-state index >= 15 is 0 Å². The summed E-state index contributed by atoms with van der Waals surface area (Å²) in [7, 11) is 3.46. The first-order valence-electron chi connectivity index (χ1n) is 13.8. The quantitative estimate of drug-likeness (QED) is 0.309. The van der Waals surface area contributed by atoms with Gasteiger partial charge in [0.15, 0.2) is 0 Å². The van der Waals surface area contributed by atoms with Crippen LogP contribution in [0.4, 0.5) is 4.39 Å². The third kappa shape index (κ3) is 6.71. The summed E-state index contributed by atoms with van der Waals surface area (Å²) in [4.78, 5) is 28.7. The maximum atomic E-state index is 13.6. The molecule has 0 aliphatic carbocycles. The lowest BCUT2D eigenvalue weighted by molar-refractivity contribution is -0.139. The largest absolute Gasteiger partial charge is 0.497 e. The molecule has 1 fully saturated rings. The Hall–Kier alpha value is -4.31. The molecular weight excluding hydrogens is 523 g/mol. The molecule has 4 aromatic rings. The zero-order valence-corrected chi connectivity index (χ0v) is 23.3. The Morgan fingerprint density at radius 1 is 1.07 bits per heavy atom. The van der Waals surface area contributed by atoms with E-state index in [0.29, 0.717) is 32.4 Å². The number of fused-ring (bicyclic) bond motifs is 1. The molecule has 2 amide bonds. The Balaban J connectivity index is 1.27. The van der Waals surface area contributed by atoms with Gasteiger partial charge in [-0.2, -0.15) is 0 Å². The van der Waals surface area contributed by atoms with Gasteiger partial charge in [-0.3, -0.25) is 9.59 Å². The van der Waals surface area contributed by atoms with Crippen molar-refractivity contribution in [3.8, 4) is 5.75 Å². The highest BCUT2D eigenvalue weighted by atomic mass is 19.1. The fourth-order valence-corrected chi connectivity index (χ4v) is 5.47. The van der Waals surface area contributed by atoms with Crippen molar-refractivity contribution in [1.29, 1.82) is 0 Å². The monoisotopic (exact) mass is 558 g/mol. The van der Waals surface area contributed by atoms with Gasteiger partial charge in [0.05, 0.1) is 18.7 Å². The van der Waals surface area contributed by atoms with E-state index < -0.39 is 12.1 Å². The summed E-state index contributed by atoms with van der Waals surface area (Å²) >= 11 is 0. The number of aromatic nitrogens is 3. The predicted molar refractivity (Wildman–Crippen MR) is 153 cm³/mol. The number of likely N-dealkylation sites (tertiary alicyclic amines) is 1. The zero-order chi connectivity index (χ0) is 28.9. The van der Waals surface area contributed by atoms with Crippen molar-refractivity contribution in [2.24, 2.45) is 18.7 Å². The van der Waals surface area contributed by atoms with Crippen LogP contribution in [0.1, 0.15) is 29.5 Å². The van der Waals surface area contributed by atoms with Crippen LogP contribution in [0.2, 0.25) is 0 Å². The van der Waals surface area contributed by atoms with Gasteiger partial charge in [0.1, 0.15) is 23.1 Å². The summed E-state index contributed by atoms with van der Waals surface area (Å²) in [5.74, 6) is 0.120. The highest BCUT2D eigenvalue weighted by Gasteiger charge is 2.40. The molecule has 0 bridgehead atoms. The van der Waals surface area contributed by atoms with Crippen LogP contribution in [0.25, 0.3) is 11.0 Å². The standard InChI is InChI=1S/C31H35FN6O3/c1-37-28-14-8-22(16-27(28)35-36-37)18-34-30(39)29-17-23(15-21-5-11-25(41-2)12-6-21)19-38(29)31(40)26(33)13-7-20-3-9-24(32)10-4-20/h3-6,8-12,14,16,23,26,29H,7,13,15,17-19,33H2,1-2H3,(H,34,39). The van der Waals surface area contributed by atoms with Crippen molar-refractivity contribution >= 4 is 22.8 Å².